The van der Waals surface area contributed by atoms with E-state index in [0.717, 1.165) is 25.1 Å². The van der Waals surface area contributed by atoms with Gasteiger partial charge in [-0.05, 0) is 13.0 Å². The molecule has 14 heavy (non-hydrogen) atoms. The zero-order chi connectivity index (χ0) is 10.4. The van der Waals surface area contributed by atoms with Crippen molar-refractivity contribution in [3.8, 4) is 12.3 Å². The van der Waals surface area contributed by atoms with Crippen molar-refractivity contribution in [1.29, 1.82) is 0 Å². The zero-order valence-electron chi connectivity index (χ0n) is 8.83. The van der Waals surface area contributed by atoms with E-state index in [4.69, 9.17) is 6.42 Å². The van der Waals surface area contributed by atoms with E-state index < -0.39 is 0 Å². The van der Waals surface area contributed by atoms with Gasteiger partial charge in [-0.25, -0.2) is 4.98 Å². The molecule has 0 spiro atoms. The molecule has 1 N–H and O–H groups in total. The van der Waals surface area contributed by atoms with Crippen LogP contribution in [0.2, 0.25) is 0 Å². The normalized spacial score (nSPS) is 12.4. The second-order valence-corrected chi connectivity index (χ2v) is 3.32. The molecule has 0 saturated carbocycles. The van der Waals surface area contributed by atoms with Crippen molar-refractivity contribution in [1.82, 2.24) is 14.9 Å². The Morgan fingerprint density at radius 3 is 3.00 bits per heavy atom. The first kappa shape index (κ1) is 10.8. The SMILES string of the molecule is C#CCCC(NCC)c1cn(C)cn1. The van der Waals surface area contributed by atoms with Crippen molar-refractivity contribution in [3.63, 3.8) is 0 Å². The van der Waals surface area contributed by atoms with Crippen molar-refractivity contribution in [2.45, 2.75) is 25.8 Å². The maximum absolute atomic E-state index is 5.25. The minimum absolute atomic E-state index is 0.289. The van der Waals surface area contributed by atoms with Crippen molar-refractivity contribution in [2.24, 2.45) is 7.05 Å². The van der Waals surface area contributed by atoms with Crippen molar-refractivity contribution < 1.29 is 0 Å². The monoisotopic (exact) mass is 191 g/mol. The molecule has 3 heteroatoms. The highest BCUT2D eigenvalue weighted by Gasteiger charge is 2.11. The average Bonchev–Trinajstić information content (AvgIpc) is 2.59. The molecule has 0 aliphatic carbocycles. The molecule has 1 heterocycles. The van der Waals surface area contributed by atoms with Gasteiger partial charge in [0.25, 0.3) is 0 Å². The lowest BCUT2D eigenvalue weighted by atomic mass is 10.1. The topological polar surface area (TPSA) is 29.9 Å². The number of hydrogen-bond donors (Lipinski definition) is 1. The number of rotatable bonds is 5. The van der Waals surface area contributed by atoms with Crippen LogP contribution in [0.3, 0.4) is 0 Å². The molecule has 0 amide bonds. The summed E-state index contributed by atoms with van der Waals surface area (Å²) in [5.41, 5.74) is 1.07. The second kappa shape index (κ2) is 5.46. The standard InChI is InChI=1S/C11H17N3/c1-4-6-7-10(12-5-2)11-8-14(3)9-13-11/h1,8-10,12H,5-7H2,2-3H3. The maximum Gasteiger partial charge on any atom is 0.0947 e. The van der Waals surface area contributed by atoms with Gasteiger partial charge in [-0.15, -0.1) is 12.3 Å². The lowest BCUT2D eigenvalue weighted by molar-refractivity contribution is 0.512. The van der Waals surface area contributed by atoms with Gasteiger partial charge in [0.2, 0.25) is 0 Å². The van der Waals surface area contributed by atoms with Gasteiger partial charge in [-0.3, -0.25) is 0 Å². The number of aromatic nitrogens is 2. The summed E-state index contributed by atoms with van der Waals surface area (Å²) >= 11 is 0. The predicted octanol–water partition coefficient (Wildman–Crippen LogP) is 1.48. The predicted molar refractivity (Wildman–Crippen MR) is 57.7 cm³/mol. The molecule has 0 aliphatic heterocycles. The molecule has 0 aliphatic rings. The molecule has 76 valence electrons. The summed E-state index contributed by atoms with van der Waals surface area (Å²) in [6.45, 7) is 3.03. The Morgan fingerprint density at radius 2 is 2.50 bits per heavy atom. The highest BCUT2D eigenvalue weighted by atomic mass is 15.0. The molecule has 1 unspecified atom stereocenters. The van der Waals surface area contributed by atoms with Gasteiger partial charge in [-0.1, -0.05) is 6.92 Å². The van der Waals surface area contributed by atoms with Crippen LogP contribution in [0.5, 0.6) is 0 Å². The Bertz CT molecular complexity index is 309. The van der Waals surface area contributed by atoms with Gasteiger partial charge in [-0.2, -0.15) is 0 Å². The molecular weight excluding hydrogens is 174 g/mol. The average molecular weight is 191 g/mol. The molecule has 1 aromatic rings. The molecule has 0 saturated heterocycles. The number of nitrogens with zero attached hydrogens (tertiary/aromatic N) is 2. The van der Waals surface area contributed by atoms with Gasteiger partial charge < -0.3 is 9.88 Å². The Balaban J connectivity index is 2.63. The molecule has 1 rings (SSSR count). The molecule has 3 nitrogen and oxygen atoms in total. The lowest BCUT2D eigenvalue weighted by Crippen LogP contribution is -2.21. The van der Waals surface area contributed by atoms with Crippen molar-refractivity contribution >= 4 is 0 Å². The van der Waals surface area contributed by atoms with E-state index >= 15 is 0 Å². The molecule has 0 bridgehead atoms. The van der Waals surface area contributed by atoms with Crippen LogP contribution in [0.4, 0.5) is 0 Å². The van der Waals surface area contributed by atoms with Gasteiger partial charge in [0, 0.05) is 19.7 Å². The van der Waals surface area contributed by atoms with Gasteiger partial charge in [0.1, 0.15) is 0 Å². The fourth-order valence-electron chi connectivity index (χ4n) is 1.44. The van der Waals surface area contributed by atoms with Gasteiger partial charge in [0.05, 0.1) is 18.1 Å². The van der Waals surface area contributed by atoms with E-state index in [-0.39, 0.29) is 6.04 Å². The fourth-order valence-corrected chi connectivity index (χ4v) is 1.44. The van der Waals surface area contributed by atoms with E-state index in [0.29, 0.717) is 0 Å². The smallest absolute Gasteiger partial charge is 0.0947 e. The summed E-state index contributed by atoms with van der Waals surface area (Å²) in [6.07, 6.45) is 10.8. The van der Waals surface area contributed by atoms with E-state index in [1.807, 2.05) is 24.1 Å². The number of aryl methyl sites for hydroxylation is 1. The maximum atomic E-state index is 5.25. The van der Waals surface area contributed by atoms with Crippen molar-refractivity contribution in [3.05, 3.63) is 18.2 Å². The summed E-state index contributed by atoms with van der Waals surface area (Å²) in [6, 6.07) is 0.289. The third-order valence-corrected chi connectivity index (χ3v) is 2.11. The summed E-state index contributed by atoms with van der Waals surface area (Å²) in [5.74, 6) is 2.66. The largest absolute Gasteiger partial charge is 0.340 e. The van der Waals surface area contributed by atoms with Crippen LogP contribution in [0.15, 0.2) is 12.5 Å². The summed E-state index contributed by atoms with van der Waals surface area (Å²) in [4.78, 5) is 4.32. The molecule has 1 aromatic heterocycles. The summed E-state index contributed by atoms with van der Waals surface area (Å²) in [5, 5.41) is 3.38. The van der Waals surface area contributed by atoms with Crippen LogP contribution >= 0.6 is 0 Å². The van der Waals surface area contributed by atoms with E-state index in [9.17, 15) is 0 Å². The first-order valence-corrected chi connectivity index (χ1v) is 4.92. The van der Waals surface area contributed by atoms with Gasteiger partial charge in [0.15, 0.2) is 0 Å². The molecule has 0 radical (unpaired) electrons. The van der Waals surface area contributed by atoms with Crippen LogP contribution in [0.1, 0.15) is 31.5 Å². The third-order valence-electron chi connectivity index (χ3n) is 2.11. The highest BCUT2D eigenvalue weighted by Crippen LogP contribution is 2.15. The van der Waals surface area contributed by atoms with Crippen molar-refractivity contribution in [2.75, 3.05) is 6.54 Å². The number of terminal acetylenes is 1. The quantitative estimate of drug-likeness (QED) is 0.714. The molecular formula is C11H17N3. The third kappa shape index (κ3) is 2.90. The minimum atomic E-state index is 0.289. The Kier molecular flexibility index (Phi) is 4.21. The first-order valence-electron chi connectivity index (χ1n) is 4.92. The Hall–Kier alpha value is -1.27. The van der Waals surface area contributed by atoms with E-state index in [2.05, 4.69) is 23.1 Å². The molecule has 0 fully saturated rings. The Labute approximate surface area is 85.5 Å². The number of imidazole rings is 1. The van der Waals surface area contributed by atoms with Crippen LogP contribution in [0, 0.1) is 12.3 Å². The van der Waals surface area contributed by atoms with Crippen LogP contribution < -0.4 is 5.32 Å². The molecule has 1 atom stereocenters. The van der Waals surface area contributed by atoms with Crippen LogP contribution in [-0.4, -0.2) is 16.1 Å². The second-order valence-electron chi connectivity index (χ2n) is 3.32. The minimum Gasteiger partial charge on any atom is -0.340 e. The summed E-state index contributed by atoms with van der Waals surface area (Å²) < 4.78 is 1.95. The number of nitrogens with one attached hydrogen (secondary N) is 1. The van der Waals surface area contributed by atoms with Gasteiger partial charge >= 0.3 is 0 Å². The first-order chi connectivity index (χ1) is 6.77. The van der Waals surface area contributed by atoms with E-state index in [1.54, 1.807) is 0 Å². The van der Waals surface area contributed by atoms with Crippen LogP contribution in [-0.2, 0) is 7.05 Å². The highest BCUT2D eigenvalue weighted by molar-refractivity contribution is 5.04. The van der Waals surface area contributed by atoms with E-state index in [1.165, 1.54) is 0 Å². The Morgan fingerprint density at radius 1 is 1.71 bits per heavy atom. The molecule has 0 aromatic carbocycles. The number of hydrogen-bond acceptors (Lipinski definition) is 2. The fraction of sp³-hybridized carbons (Fsp3) is 0.545. The van der Waals surface area contributed by atoms with Crippen LogP contribution in [0.25, 0.3) is 0 Å². The lowest BCUT2D eigenvalue weighted by Gasteiger charge is -2.13. The zero-order valence-corrected chi connectivity index (χ0v) is 8.83. The summed E-state index contributed by atoms with van der Waals surface area (Å²) in [7, 11) is 1.97.